The van der Waals surface area contributed by atoms with Crippen molar-refractivity contribution in [3.8, 4) is 0 Å². The third-order valence-electron chi connectivity index (χ3n) is 4.36. The van der Waals surface area contributed by atoms with Crippen molar-refractivity contribution in [3.63, 3.8) is 0 Å². The summed E-state index contributed by atoms with van der Waals surface area (Å²) in [7, 11) is 0. The van der Waals surface area contributed by atoms with E-state index in [1.807, 2.05) is 0 Å². The van der Waals surface area contributed by atoms with Crippen molar-refractivity contribution in [1.82, 2.24) is 0 Å². The standard InChI is InChI=1S/C15H19.2CH3.ClH.H2Si.Zr/c1-10-5-12(3)14(7-10)9-15-8-11(2)6-13(15)4;;;;;/h5-6,9H,7-8H2,1-4H3;2*1H3;1H;1H2;. The zero-order valence-corrected chi connectivity index (χ0v) is 18.5. The van der Waals surface area contributed by atoms with Gasteiger partial charge >= 0.3 is 125 Å². The Balaban J connectivity index is 0.00000200. The van der Waals surface area contributed by atoms with E-state index in [1.54, 1.807) is 33.4 Å². The number of allylic oxidation sites excluding steroid dienone is 8. The Morgan fingerprint density at radius 1 is 0.900 bits per heavy atom. The van der Waals surface area contributed by atoms with Crippen molar-refractivity contribution in [1.29, 1.82) is 0 Å². The molecule has 2 rings (SSSR count). The molecule has 20 heavy (non-hydrogen) atoms. The summed E-state index contributed by atoms with van der Waals surface area (Å²) in [5.41, 5.74) is 9.73. The molecule has 0 aliphatic heterocycles. The van der Waals surface area contributed by atoms with E-state index in [9.17, 15) is 0 Å². The topological polar surface area (TPSA) is 0 Å². The molecule has 0 aromatic heterocycles. The van der Waals surface area contributed by atoms with Crippen molar-refractivity contribution in [2.75, 3.05) is 0 Å². The summed E-state index contributed by atoms with van der Waals surface area (Å²) in [4.78, 5) is 0. The molecule has 0 N–H and O–H groups in total. The van der Waals surface area contributed by atoms with Crippen LogP contribution < -0.4 is 0 Å². The largest absolute Gasteiger partial charge is 0.147 e. The molecule has 0 spiro atoms. The van der Waals surface area contributed by atoms with Crippen LogP contribution in [0.15, 0.2) is 45.6 Å². The molecular weight excluding hydrogens is 359 g/mol. The zero-order chi connectivity index (χ0) is 14.4. The average Bonchev–Trinajstić information content (AvgIpc) is 2.70. The molecule has 0 aromatic rings. The van der Waals surface area contributed by atoms with Gasteiger partial charge in [-0.1, -0.05) is 0 Å². The summed E-state index contributed by atoms with van der Waals surface area (Å²) in [5, 5.41) is 0. The van der Waals surface area contributed by atoms with E-state index < -0.39 is 18.9 Å². The molecule has 0 nitrogen and oxygen atoms in total. The summed E-state index contributed by atoms with van der Waals surface area (Å²) < 4.78 is 6.04. The first kappa shape index (κ1) is 18.4. The fraction of sp³-hybridized carbons (Fsp3) is 0.529. The van der Waals surface area contributed by atoms with Crippen LogP contribution in [0.1, 0.15) is 40.5 Å². The van der Waals surface area contributed by atoms with E-state index >= 15 is 0 Å². The van der Waals surface area contributed by atoms with Gasteiger partial charge in [0.15, 0.2) is 0 Å². The Labute approximate surface area is 136 Å². The molecule has 0 aromatic carbocycles. The molecule has 3 heteroatoms. The summed E-state index contributed by atoms with van der Waals surface area (Å²) in [5.74, 6) is 0. The molecule has 0 unspecified atom stereocenters. The second-order valence-corrected chi connectivity index (χ2v) is 29.2. The van der Waals surface area contributed by atoms with Crippen molar-refractivity contribution < 1.29 is 18.9 Å². The van der Waals surface area contributed by atoms with Gasteiger partial charge in [0.25, 0.3) is 0 Å². The number of rotatable bonds is 3. The monoisotopic (exact) mass is 385 g/mol. The quantitative estimate of drug-likeness (QED) is 0.575. The van der Waals surface area contributed by atoms with Crippen LogP contribution in [0, 0.1) is 0 Å². The molecule has 2 aliphatic carbocycles. The third-order valence-corrected chi connectivity index (χ3v) is 12.3. The maximum Gasteiger partial charge on any atom is -0.147 e. The maximum atomic E-state index is 2.61. The van der Waals surface area contributed by atoms with Gasteiger partial charge in [-0.25, -0.2) is 0 Å². The SMILES string of the molecule is CC1=CC(C)=C([CH](C2=C(C)C=C(C)C2)[Zr]([CH3])([CH3])=[SiH2])C1.Cl. The fourth-order valence-corrected chi connectivity index (χ4v) is 12.9. The minimum atomic E-state index is -2.00. The van der Waals surface area contributed by atoms with Crippen LogP contribution in [0.2, 0.25) is 12.9 Å². The van der Waals surface area contributed by atoms with E-state index in [0.717, 1.165) is 3.63 Å². The van der Waals surface area contributed by atoms with E-state index in [0.29, 0.717) is 0 Å². The third kappa shape index (κ3) is 3.76. The van der Waals surface area contributed by atoms with Gasteiger partial charge in [0.05, 0.1) is 0 Å². The smallest absolute Gasteiger partial charge is 0.147 e. The Bertz CT molecular complexity index is 542. The molecule has 0 fully saturated rings. The minimum absolute atomic E-state index is 0. The first-order valence-corrected chi connectivity index (χ1v) is 19.5. The van der Waals surface area contributed by atoms with Crippen molar-refractivity contribution in [2.45, 2.75) is 53.4 Å². The number of halogens is 1. The van der Waals surface area contributed by atoms with Crippen LogP contribution in [0.25, 0.3) is 0 Å². The van der Waals surface area contributed by atoms with Crippen molar-refractivity contribution in [3.05, 3.63) is 45.6 Å². The van der Waals surface area contributed by atoms with Gasteiger partial charge in [0.1, 0.15) is 0 Å². The molecule has 0 radical (unpaired) electrons. The maximum absolute atomic E-state index is 2.61. The van der Waals surface area contributed by atoms with Gasteiger partial charge < -0.3 is 0 Å². The van der Waals surface area contributed by atoms with Gasteiger partial charge in [-0.3, -0.25) is 0 Å². The van der Waals surface area contributed by atoms with Crippen LogP contribution >= 0.6 is 12.4 Å². The van der Waals surface area contributed by atoms with Crippen LogP contribution in [-0.2, 0) is 18.9 Å². The second kappa shape index (κ2) is 6.63. The molecule has 0 amide bonds. The molecule has 0 bridgehead atoms. The molecular formula is C17H28ClSiZr. The zero-order valence-electron chi connectivity index (χ0n) is 13.8. The first-order chi connectivity index (χ1) is 8.70. The number of hydrogen-bond donors (Lipinski definition) is 0. The molecule has 0 atom stereocenters. The van der Waals surface area contributed by atoms with E-state index in [2.05, 4.69) is 56.0 Å². The molecule has 0 heterocycles. The predicted octanol–water partition coefficient (Wildman–Crippen LogP) is 5.33. The van der Waals surface area contributed by atoms with Crippen molar-refractivity contribution in [2.24, 2.45) is 0 Å². The average molecular weight is 387 g/mol. The van der Waals surface area contributed by atoms with E-state index in [4.69, 9.17) is 0 Å². The Kier molecular flexibility index (Phi) is 6.10. The van der Waals surface area contributed by atoms with Gasteiger partial charge in [0, 0.05) is 0 Å². The van der Waals surface area contributed by atoms with E-state index in [1.165, 1.54) is 12.8 Å². The Hall–Kier alpha value is 0.350. The first-order valence-electron chi connectivity index (χ1n) is 7.29. The molecule has 0 saturated carbocycles. The summed E-state index contributed by atoms with van der Waals surface area (Å²) in [6.45, 7) is 11.6. The van der Waals surface area contributed by atoms with Gasteiger partial charge in [0.2, 0.25) is 0 Å². The van der Waals surface area contributed by atoms with Crippen LogP contribution in [0.5, 0.6) is 0 Å². The van der Waals surface area contributed by atoms with E-state index in [-0.39, 0.29) is 12.4 Å². The predicted molar refractivity (Wildman–Crippen MR) is 93.4 cm³/mol. The Morgan fingerprint density at radius 2 is 1.25 bits per heavy atom. The van der Waals surface area contributed by atoms with Gasteiger partial charge in [-0.15, -0.1) is 12.4 Å². The van der Waals surface area contributed by atoms with Crippen LogP contribution in [0.3, 0.4) is 0 Å². The van der Waals surface area contributed by atoms with Crippen LogP contribution in [0.4, 0.5) is 0 Å². The van der Waals surface area contributed by atoms with Crippen LogP contribution in [-0.4, -0.2) is 6.88 Å². The fourth-order valence-electron chi connectivity index (χ4n) is 3.72. The van der Waals surface area contributed by atoms with Gasteiger partial charge in [-0.2, -0.15) is 0 Å². The second-order valence-electron chi connectivity index (χ2n) is 7.17. The minimum Gasteiger partial charge on any atom is -0.147 e. The van der Waals surface area contributed by atoms with Crippen molar-refractivity contribution >= 4 is 19.3 Å². The summed E-state index contributed by atoms with van der Waals surface area (Å²) in [6, 6.07) is 0. The van der Waals surface area contributed by atoms with Gasteiger partial charge in [-0.05, 0) is 0 Å². The Morgan fingerprint density at radius 3 is 1.45 bits per heavy atom. The normalized spacial score (nSPS) is 19.6. The molecule has 0 saturated heterocycles. The molecule has 2 aliphatic rings. The molecule has 111 valence electrons. The summed E-state index contributed by atoms with van der Waals surface area (Å²) in [6.07, 6.45) is 7.28. The summed E-state index contributed by atoms with van der Waals surface area (Å²) >= 11 is -2.00. The number of hydrogen-bond acceptors (Lipinski definition) is 0.